The molecule has 1 N–H and O–H groups in total. The summed E-state index contributed by atoms with van der Waals surface area (Å²) in [5.41, 5.74) is 1.23. The minimum Gasteiger partial charge on any atom is -0.504 e. The molecule has 25 heavy (non-hydrogen) atoms. The van der Waals surface area contributed by atoms with Crippen LogP contribution in [-0.4, -0.2) is 28.3 Å². The Labute approximate surface area is 147 Å². The molecule has 1 aliphatic rings. The molecule has 7 heteroatoms. The van der Waals surface area contributed by atoms with Gasteiger partial charge in [0.05, 0.1) is 18.6 Å². The SMILES string of the molecule is COc1ccc(/C=C2/SC(=O)N(Cc3ccc(F)cc3)C2=O)cc1O. The van der Waals surface area contributed by atoms with Crippen molar-refractivity contribution in [2.75, 3.05) is 7.11 Å². The number of benzene rings is 2. The van der Waals surface area contributed by atoms with Gasteiger partial charge in [0, 0.05) is 0 Å². The first-order valence-corrected chi connectivity index (χ1v) is 8.16. The third-order valence-corrected chi connectivity index (χ3v) is 4.54. The van der Waals surface area contributed by atoms with E-state index in [0.717, 1.165) is 16.7 Å². The van der Waals surface area contributed by atoms with Crippen molar-refractivity contribution >= 4 is 29.0 Å². The second kappa shape index (κ2) is 6.98. The molecule has 0 spiro atoms. The number of hydrogen-bond donors (Lipinski definition) is 1. The lowest BCUT2D eigenvalue weighted by Gasteiger charge is -2.12. The summed E-state index contributed by atoms with van der Waals surface area (Å²) in [5, 5.41) is 9.41. The Kier molecular flexibility index (Phi) is 4.76. The molecular weight excluding hydrogens is 345 g/mol. The van der Waals surface area contributed by atoms with Crippen molar-refractivity contribution in [1.29, 1.82) is 0 Å². The van der Waals surface area contributed by atoms with Gasteiger partial charge in [0.2, 0.25) is 0 Å². The van der Waals surface area contributed by atoms with Crippen LogP contribution in [0, 0.1) is 5.82 Å². The molecule has 0 aromatic heterocycles. The summed E-state index contributed by atoms with van der Waals surface area (Å²) < 4.78 is 17.9. The summed E-state index contributed by atoms with van der Waals surface area (Å²) in [7, 11) is 1.44. The second-order valence-corrected chi connectivity index (χ2v) is 6.32. The van der Waals surface area contributed by atoms with Crippen LogP contribution < -0.4 is 4.74 Å². The lowest BCUT2D eigenvalue weighted by Crippen LogP contribution is -2.27. The van der Waals surface area contributed by atoms with Gasteiger partial charge in [-0.15, -0.1) is 0 Å². The first-order chi connectivity index (χ1) is 12.0. The highest BCUT2D eigenvalue weighted by molar-refractivity contribution is 8.18. The average Bonchev–Trinajstić information content (AvgIpc) is 2.84. The number of imide groups is 1. The fraction of sp³-hybridized carbons (Fsp3) is 0.111. The van der Waals surface area contributed by atoms with E-state index in [0.29, 0.717) is 16.9 Å². The number of amides is 2. The lowest BCUT2D eigenvalue weighted by atomic mass is 10.1. The van der Waals surface area contributed by atoms with Gasteiger partial charge in [-0.1, -0.05) is 18.2 Å². The highest BCUT2D eigenvalue weighted by Crippen LogP contribution is 2.34. The zero-order chi connectivity index (χ0) is 18.0. The van der Waals surface area contributed by atoms with Crippen molar-refractivity contribution in [3.05, 3.63) is 64.3 Å². The first kappa shape index (κ1) is 17.0. The van der Waals surface area contributed by atoms with Crippen LogP contribution in [-0.2, 0) is 11.3 Å². The Morgan fingerprint density at radius 2 is 1.92 bits per heavy atom. The zero-order valence-electron chi connectivity index (χ0n) is 13.2. The highest BCUT2D eigenvalue weighted by atomic mass is 32.2. The van der Waals surface area contributed by atoms with Crippen molar-refractivity contribution in [2.45, 2.75) is 6.54 Å². The number of methoxy groups -OCH3 is 1. The van der Waals surface area contributed by atoms with Gasteiger partial charge < -0.3 is 9.84 Å². The number of phenolic OH excluding ortho intramolecular Hbond substituents is 1. The van der Waals surface area contributed by atoms with Crippen LogP contribution in [0.25, 0.3) is 6.08 Å². The van der Waals surface area contributed by atoms with E-state index in [4.69, 9.17) is 4.74 Å². The third kappa shape index (κ3) is 3.66. The molecule has 5 nitrogen and oxygen atoms in total. The van der Waals surface area contributed by atoms with Gasteiger partial charge in [-0.25, -0.2) is 4.39 Å². The molecule has 2 aromatic carbocycles. The van der Waals surface area contributed by atoms with Crippen LogP contribution in [0.5, 0.6) is 11.5 Å². The maximum atomic E-state index is 13.0. The number of thioether (sulfide) groups is 1. The fourth-order valence-corrected chi connectivity index (χ4v) is 3.20. The normalized spacial score (nSPS) is 15.9. The molecule has 1 aliphatic heterocycles. The molecule has 1 heterocycles. The predicted molar refractivity (Wildman–Crippen MR) is 92.6 cm³/mol. The summed E-state index contributed by atoms with van der Waals surface area (Å²) >= 11 is 0.826. The number of nitrogens with zero attached hydrogens (tertiary/aromatic N) is 1. The van der Waals surface area contributed by atoms with Crippen molar-refractivity contribution in [3.8, 4) is 11.5 Å². The van der Waals surface area contributed by atoms with Crippen LogP contribution in [0.15, 0.2) is 47.4 Å². The number of ether oxygens (including phenoxy) is 1. The van der Waals surface area contributed by atoms with Gasteiger partial charge in [0.25, 0.3) is 11.1 Å². The van der Waals surface area contributed by atoms with E-state index >= 15 is 0 Å². The highest BCUT2D eigenvalue weighted by Gasteiger charge is 2.35. The Morgan fingerprint density at radius 1 is 1.20 bits per heavy atom. The predicted octanol–water partition coefficient (Wildman–Crippen LogP) is 3.78. The van der Waals surface area contributed by atoms with E-state index in [1.54, 1.807) is 12.1 Å². The quantitative estimate of drug-likeness (QED) is 0.842. The van der Waals surface area contributed by atoms with Gasteiger partial charge in [-0.3, -0.25) is 14.5 Å². The molecule has 128 valence electrons. The Morgan fingerprint density at radius 3 is 2.56 bits per heavy atom. The monoisotopic (exact) mass is 359 g/mol. The van der Waals surface area contributed by atoms with E-state index in [-0.39, 0.29) is 23.0 Å². The van der Waals surface area contributed by atoms with E-state index < -0.39 is 11.1 Å². The van der Waals surface area contributed by atoms with Crippen LogP contribution in [0.4, 0.5) is 9.18 Å². The number of carbonyl (C=O) groups excluding carboxylic acids is 2. The molecule has 0 saturated carbocycles. The van der Waals surface area contributed by atoms with Crippen molar-refractivity contribution in [1.82, 2.24) is 4.90 Å². The molecule has 1 fully saturated rings. The van der Waals surface area contributed by atoms with Crippen molar-refractivity contribution in [3.63, 3.8) is 0 Å². The van der Waals surface area contributed by atoms with Crippen molar-refractivity contribution < 1.29 is 23.8 Å². The zero-order valence-corrected chi connectivity index (χ0v) is 14.0. The molecule has 0 aliphatic carbocycles. The van der Waals surface area contributed by atoms with Gasteiger partial charge in [0.15, 0.2) is 11.5 Å². The molecule has 0 atom stereocenters. The van der Waals surface area contributed by atoms with Crippen LogP contribution in [0.2, 0.25) is 0 Å². The number of rotatable bonds is 4. The average molecular weight is 359 g/mol. The Bertz CT molecular complexity index is 864. The molecule has 0 radical (unpaired) electrons. The standard InChI is InChI=1S/C18H14FNO4S/c1-24-15-7-4-12(8-14(15)21)9-16-17(22)20(18(23)25-16)10-11-2-5-13(19)6-3-11/h2-9,21H,10H2,1H3/b16-9+. The van der Waals surface area contributed by atoms with Gasteiger partial charge in [-0.2, -0.15) is 0 Å². The maximum Gasteiger partial charge on any atom is 0.293 e. The minimum absolute atomic E-state index is 0.0539. The maximum absolute atomic E-state index is 13.0. The second-order valence-electron chi connectivity index (χ2n) is 5.33. The lowest BCUT2D eigenvalue weighted by molar-refractivity contribution is -0.123. The Balaban J connectivity index is 1.80. The van der Waals surface area contributed by atoms with Crippen LogP contribution >= 0.6 is 11.8 Å². The summed E-state index contributed by atoms with van der Waals surface area (Å²) in [4.78, 5) is 25.9. The molecule has 2 aromatic rings. The number of aromatic hydroxyl groups is 1. The molecule has 0 bridgehead atoms. The summed E-state index contributed by atoms with van der Waals surface area (Å²) in [6.07, 6.45) is 1.54. The summed E-state index contributed by atoms with van der Waals surface area (Å²) in [6.45, 7) is 0.0795. The minimum atomic E-state index is -0.422. The van der Waals surface area contributed by atoms with E-state index in [2.05, 4.69) is 0 Å². The largest absolute Gasteiger partial charge is 0.504 e. The van der Waals surface area contributed by atoms with Gasteiger partial charge in [-0.05, 0) is 53.2 Å². The molecule has 3 rings (SSSR count). The third-order valence-electron chi connectivity index (χ3n) is 3.63. The fourth-order valence-electron chi connectivity index (χ4n) is 2.36. The number of carbonyl (C=O) groups is 2. The van der Waals surface area contributed by atoms with E-state index in [1.165, 1.54) is 43.5 Å². The van der Waals surface area contributed by atoms with E-state index in [1.807, 2.05) is 0 Å². The smallest absolute Gasteiger partial charge is 0.293 e. The molecule has 2 amide bonds. The first-order valence-electron chi connectivity index (χ1n) is 7.35. The molecule has 1 saturated heterocycles. The van der Waals surface area contributed by atoms with Gasteiger partial charge in [0.1, 0.15) is 5.82 Å². The number of halogens is 1. The molecular formula is C18H14FNO4S. The number of phenols is 1. The van der Waals surface area contributed by atoms with Crippen molar-refractivity contribution in [2.24, 2.45) is 0 Å². The van der Waals surface area contributed by atoms with Crippen LogP contribution in [0.3, 0.4) is 0 Å². The topological polar surface area (TPSA) is 66.8 Å². The van der Waals surface area contributed by atoms with Gasteiger partial charge >= 0.3 is 0 Å². The number of hydrogen-bond acceptors (Lipinski definition) is 5. The Hall–Kier alpha value is -2.80. The summed E-state index contributed by atoms with van der Waals surface area (Å²) in [6, 6.07) is 10.3. The van der Waals surface area contributed by atoms with E-state index in [9.17, 15) is 19.1 Å². The molecule has 0 unspecified atom stereocenters. The van der Waals surface area contributed by atoms with Crippen LogP contribution in [0.1, 0.15) is 11.1 Å². The summed E-state index contributed by atoms with van der Waals surface area (Å²) in [5.74, 6) is -0.532.